The predicted molar refractivity (Wildman–Crippen MR) is 75.1 cm³/mol. The Morgan fingerprint density at radius 3 is 2.35 bits per heavy atom. The maximum atomic E-state index is 3.83. The highest BCUT2D eigenvalue weighted by Crippen LogP contribution is 2.59. The molecule has 0 bridgehead atoms. The van der Waals surface area contributed by atoms with E-state index in [4.69, 9.17) is 0 Å². The van der Waals surface area contributed by atoms with Gasteiger partial charge in [0.25, 0.3) is 0 Å². The summed E-state index contributed by atoms with van der Waals surface area (Å²) < 4.78 is 0. The van der Waals surface area contributed by atoms with Crippen LogP contribution in [0.1, 0.15) is 66.2 Å². The summed E-state index contributed by atoms with van der Waals surface area (Å²) >= 11 is 0. The lowest BCUT2D eigenvalue weighted by Crippen LogP contribution is -2.34. The third-order valence-electron chi connectivity index (χ3n) is 4.80. The Bertz CT molecular complexity index is 230. The molecule has 17 heavy (non-hydrogen) atoms. The van der Waals surface area contributed by atoms with E-state index in [1.807, 2.05) is 0 Å². The van der Waals surface area contributed by atoms with Gasteiger partial charge in [-0.1, -0.05) is 34.1 Å². The van der Waals surface area contributed by atoms with Crippen LogP contribution in [-0.4, -0.2) is 12.6 Å². The zero-order chi connectivity index (χ0) is 12.5. The van der Waals surface area contributed by atoms with E-state index >= 15 is 0 Å². The molecule has 0 spiro atoms. The molecule has 0 heterocycles. The second-order valence-electron chi connectivity index (χ2n) is 7.50. The Morgan fingerprint density at radius 2 is 1.82 bits per heavy atom. The second-order valence-corrected chi connectivity index (χ2v) is 7.50. The molecule has 0 aliphatic heterocycles. The smallest absolute Gasteiger partial charge is 0.0101 e. The second kappa shape index (κ2) is 5.30. The summed E-state index contributed by atoms with van der Waals surface area (Å²) in [6.07, 6.45) is 8.58. The van der Waals surface area contributed by atoms with Crippen molar-refractivity contribution >= 4 is 0 Å². The molecule has 2 aliphatic carbocycles. The Morgan fingerprint density at radius 1 is 1.18 bits per heavy atom. The van der Waals surface area contributed by atoms with E-state index in [0.717, 1.165) is 23.8 Å². The zero-order valence-corrected chi connectivity index (χ0v) is 12.3. The predicted octanol–water partition coefficient (Wildman–Crippen LogP) is 4.23. The third-order valence-corrected chi connectivity index (χ3v) is 4.80. The Kier molecular flexibility index (Phi) is 4.18. The van der Waals surface area contributed by atoms with Gasteiger partial charge in [-0.25, -0.2) is 0 Å². The van der Waals surface area contributed by atoms with E-state index < -0.39 is 0 Å². The molecule has 1 N–H and O–H groups in total. The molecule has 0 amide bonds. The summed E-state index contributed by atoms with van der Waals surface area (Å²) in [6, 6.07) is 0.824. The molecule has 2 aliphatic rings. The molecule has 0 aromatic heterocycles. The van der Waals surface area contributed by atoms with E-state index in [-0.39, 0.29) is 0 Å². The van der Waals surface area contributed by atoms with Crippen LogP contribution < -0.4 is 5.32 Å². The van der Waals surface area contributed by atoms with Crippen molar-refractivity contribution in [2.75, 3.05) is 6.54 Å². The molecule has 3 unspecified atom stereocenters. The first-order chi connectivity index (χ1) is 8.03. The first-order valence-electron chi connectivity index (χ1n) is 7.76. The monoisotopic (exact) mass is 237 g/mol. The van der Waals surface area contributed by atoms with Crippen LogP contribution in [0, 0.1) is 23.2 Å². The van der Waals surface area contributed by atoms with Crippen molar-refractivity contribution in [2.24, 2.45) is 23.2 Å². The van der Waals surface area contributed by atoms with E-state index in [9.17, 15) is 0 Å². The van der Waals surface area contributed by atoms with Gasteiger partial charge in [-0.3, -0.25) is 0 Å². The first-order valence-corrected chi connectivity index (χ1v) is 7.76. The van der Waals surface area contributed by atoms with E-state index in [0.29, 0.717) is 5.41 Å². The van der Waals surface area contributed by atoms with Crippen molar-refractivity contribution < 1.29 is 0 Å². The highest BCUT2D eigenvalue weighted by Gasteiger charge is 2.55. The van der Waals surface area contributed by atoms with Crippen molar-refractivity contribution in [3.8, 4) is 0 Å². The average Bonchev–Trinajstić information content (AvgIpc) is 2.72. The van der Waals surface area contributed by atoms with Crippen molar-refractivity contribution in [1.29, 1.82) is 0 Å². The minimum Gasteiger partial charge on any atom is -0.314 e. The van der Waals surface area contributed by atoms with Crippen LogP contribution in [0.5, 0.6) is 0 Å². The molecule has 2 saturated carbocycles. The molecular weight excluding hydrogens is 206 g/mol. The lowest BCUT2D eigenvalue weighted by molar-refractivity contribution is 0.301. The van der Waals surface area contributed by atoms with Gasteiger partial charge in [0.1, 0.15) is 0 Å². The number of hydrogen-bond acceptors (Lipinski definition) is 1. The number of fused-ring (bicyclic) bond motifs is 1. The SMILES string of the molecule is CCCNC(CCC(C)(C)C)C1C2CCCC21. The molecule has 0 saturated heterocycles. The fourth-order valence-electron chi connectivity index (χ4n) is 3.82. The van der Waals surface area contributed by atoms with Gasteiger partial charge >= 0.3 is 0 Å². The van der Waals surface area contributed by atoms with Gasteiger partial charge in [0.05, 0.1) is 0 Å². The lowest BCUT2D eigenvalue weighted by atomic mass is 9.86. The van der Waals surface area contributed by atoms with Crippen molar-refractivity contribution in [3.63, 3.8) is 0 Å². The van der Waals surface area contributed by atoms with E-state index in [2.05, 4.69) is 33.0 Å². The van der Waals surface area contributed by atoms with Crippen LogP contribution >= 0.6 is 0 Å². The van der Waals surface area contributed by atoms with Crippen molar-refractivity contribution in [3.05, 3.63) is 0 Å². The van der Waals surface area contributed by atoms with Crippen LogP contribution in [-0.2, 0) is 0 Å². The first kappa shape index (κ1) is 13.4. The largest absolute Gasteiger partial charge is 0.314 e. The van der Waals surface area contributed by atoms with Crippen LogP contribution in [0.15, 0.2) is 0 Å². The Hall–Kier alpha value is -0.0400. The maximum absolute atomic E-state index is 3.83. The quantitative estimate of drug-likeness (QED) is 0.729. The summed E-state index contributed by atoms with van der Waals surface area (Å²) in [4.78, 5) is 0. The molecule has 0 aromatic carbocycles. The van der Waals surface area contributed by atoms with E-state index in [1.165, 1.54) is 45.1 Å². The molecule has 0 radical (unpaired) electrons. The fraction of sp³-hybridized carbons (Fsp3) is 1.00. The van der Waals surface area contributed by atoms with Gasteiger partial charge in [-0.2, -0.15) is 0 Å². The zero-order valence-electron chi connectivity index (χ0n) is 12.3. The highest BCUT2D eigenvalue weighted by atomic mass is 14.9. The lowest BCUT2D eigenvalue weighted by Gasteiger charge is -2.25. The topological polar surface area (TPSA) is 12.0 Å². The average molecular weight is 237 g/mol. The van der Waals surface area contributed by atoms with Crippen molar-refractivity contribution in [1.82, 2.24) is 5.32 Å². The maximum Gasteiger partial charge on any atom is 0.0101 e. The molecule has 2 rings (SSSR count). The van der Waals surface area contributed by atoms with Crippen LogP contribution in [0.25, 0.3) is 0 Å². The van der Waals surface area contributed by atoms with Gasteiger partial charge in [-0.05, 0) is 61.8 Å². The minimum atomic E-state index is 0.496. The van der Waals surface area contributed by atoms with Gasteiger partial charge in [-0.15, -0.1) is 0 Å². The Labute approximate surface area is 108 Å². The number of hydrogen-bond donors (Lipinski definition) is 1. The van der Waals surface area contributed by atoms with Crippen LogP contribution in [0.4, 0.5) is 0 Å². The standard InChI is InChI=1S/C16H31N/c1-5-11-17-14(9-10-16(2,3)4)15-12-7-6-8-13(12)15/h12-15,17H,5-11H2,1-4H3. The number of nitrogens with one attached hydrogen (secondary N) is 1. The summed E-state index contributed by atoms with van der Waals surface area (Å²) in [5.74, 6) is 3.24. The molecule has 1 nitrogen and oxygen atoms in total. The van der Waals surface area contributed by atoms with Gasteiger partial charge in [0.2, 0.25) is 0 Å². The van der Waals surface area contributed by atoms with Gasteiger partial charge in [0.15, 0.2) is 0 Å². The van der Waals surface area contributed by atoms with E-state index in [1.54, 1.807) is 0 Å². The summed E-state index contributed by atoms with van der Waals surface area (Å²) in [5.41, 5.74) is 0.496. The summed E-state index contributed by atoms with van der Waals surface area (Å²) in [5, 5.41) is 3.83. The highest BCUT2D eigenvalue weighted by molar-refractivity contribution is 5.06. The molecule has 2 fully saturated rings. The molecular formula is C16H31N. The van der Waals surface area contributed by atoms with Crippen molar-refractivity contribution in [2.45, 2.75) is 72.3 Å². The summed E-state index contributed by atoms with van der Waals surface area (Å²) in [7, 11) is 0. The fourth-order valence-corrected chi connectivity index (χ4v) is 3.82. The third kappa shape index (κ3) is 3.47. The molecule has 0 aromatic rings. The summed E-state index contributed by atoms with van der Waals surface area (Å²) in [6.45, 7) is 10.6. The molecule has 1 heteroatoms. The van der Waals surface area contributed by atoms with Gasteiger partial charge < -0.3 is 5.32 Å². The Balaban J connectivity index is 1.81. The van der Waals surface area contributed by atoms with Crippen LogP contribution in [0.3, 0.4) is 0 Å². The molecule has 3 atom stereocenters. The molecule has 100 valence electrons. The normalized spacial score (nSPS) is 33.5. The minimum absolute atomic E-state index is 0.496. The number of rotatable bonds is 6. The van der Waals surface area contributed by atoms with Crippen LogP contribution in [0.2, 0.25) is 0 Å². The van der Waals surface area contributed by atoms with Gasteiger partial charge in [0, 0.05) is 6.04 Å².